The molecule has 1 aromatic carbocycles. The zero-order valence-corrected chi connectivity index (χ0v) is 12.2. The third-order valence-electron chi connectivity index (χ3n) is 3.08. The molecule has 6 heteroatoms. The number of nitrogens with one attached hydrogen (secondary N) is 1. The van der Waals surface area contributed by atoms with Crippen LogP contribution < -0.4 is 5.32 Å². The van der Waals surface area contributed by atoms with E-state index in [2.05, 4.69) is 21.2 Å². The molecular weight excluding hydrogens is 325 g/mol. The van der Waals surface area contributed by atoms with Crippen molar-refractivity contribution in [2.75, 3.05) is 32.9 Å². The Balaban J connectivity index is 0.00000162. The van der Waals surface area contributed by atoms with Crippen LogP contribution in [0.5, 0.6) is 0 Å². The monoisotopic (exact) mass is 340 g/mol. The fraction of sp³-hybridized carbons (Fsp3) is 0.500. The summed E-state index contributed by atoms with van der Waals surface area (Å²) >= 11 is 3.14. The van der Waals surface area contributed by atoms with Gasteiger partial charge in [-0.3, -0.25) is 4.90 Å². The highest BCUT2D eigenvalue weighted by molar-refractivity contribution is 9.10. The molecule has 18 heavy (non-hydrogen) atoms. The van der Waals surface area contributed by atoms with E-state index in [4.69, 9.17) is 0 Å². The van der Waals surface area contributed by atoms with Crippen molar-refractivity contribution in [2.24, 2.45) is 0 Å². The van der Waals surface area contributed by atoms with Gasteiger partial charge in [0.15, 0.2) is 0 Å². The Labute approximate surface area is 120 Å². The van der Waals surface area contributed by atoms with Crippen molar-refractivity contribution in [2.45, 2.75) is 6.04 Å². The topological polar surface area (TPSA) is 15.3 Å². The van der Waals surface area contributed by atoms with Gasteiger partial charge < -0.3 is 5.32 Å². The van der Waals surface area contributed by atoms with Crippen LogP contribution >= 0.6 is 28.3 Å². The van der Waals surface area contributed by atoms with Gasteiger partial charge >= 0.3 is 0 Å². The second-order valence-corrected chi connectivity index (χ2v) is 4.95. The average Bonchev–Trinajstić information content (AvgIpc) is 2.37. The third-order valence-corrected chi connectivity index (χ3v) is 3.69. The van der Waals surface area contributed by atoms with Crippen LogP contribution in [0.2, 0.25) is 0 Å². The standard InChI is InChI=1S/C12H15BrF2N2.ClH/c13-10-3-1-2-9(12(10)15)11(8-14)17-6-4-16-5-7-17;/h1-3,11,16H,4-8H2;1H/t11-;/m0./s1. The van der Waals surface area contributed by atoms with Crippen LogP contribution in [0.4, 0.5) is 8.78 Å². The molecule has 1 aliphatic heterocycles. The number of halogens is 4. The lowest BCUT2D eigenvalue weighted by Gasteiger charge is -2.33. The van der Waals surface area contributed by atoms with Crippen LogP contribution in [0, 0.1) is 5.82 Å². The van der Waals surface area contributed by atoms with Gasteiger partial charge in [-0.05, 0) is 22.0 Å². The molecule has 0 bridgehead atoms. The Kier molecular flexibility index (Phi) is 6.49. The Morgan fingerprint density at radius 3 is 2.61 bits per heavy atom. The SMILES string of the molecule is Cl.FC[C@@H](c1cccc(Br)c1F)N1CCNCC1. The first-order chi connectivity index (χ1) is 8.24. The zero-order chi connectivity index (χ0) is 12.3. The quantitative estimate of drug-likeness (QED) is 0.909. The van der Waals surface area contributed by atoms with Crippen molar-refractivity contribution >= 4 is 28.3 Å². The first-order valence-corrected chi connectivity index (χ1v) is 6.48. The maximum absolute atomic E-state index is 13.9. The fourth-order valence-corrected chi connectivity index (χ4v) is 2.53. The second kappa shape index (κ2) is 7.38. The molecule has 1 heterocycles. The fourth-order valence-electron chi connectivity index (χ4n) is 2.15. The molecule has 0 spiro atoms. The van der Waals surface area contributed by atoms with Gasteiger partial charge in [0.25, 0.3) is 0 Å². The van der Waals surface area contributed by atoms with Crippen molar-refractivity contribution in [3.8, 4) is 0 Å². The Bertz CT molecular complexity index is 386. The zero-order valence-electron chi connectivity index (χ0n) is 9.83. The van der Waals surface area contributed by atoms with Crippen LogP contribution in [0.1, 0.15) is 11.6 Å². The van der Waals surface area contributed by atoms with E-state index >= 15 is 0 Å². The Hall–Kier alpha value is -0.230. The molecule has 0 amide bonds. The molecule has 0 saturated carbocycles. The van der Waals surface area contributed by atoms with Crippen LogP contribution in [0.25, 0.3) is 0 Å². The van der Waals surface area contributed by atoms with E-state index in [0.717, 1.165) is 26.2 Å². The van der Waals surface area contributed by atoms with Crippen molar-refractivity contribution in [1.29, 1.82) is 0 Å². The highest BCUT2D eigenvalue weighted by Crippen LogP contribution is 2.28. The molecule has 0 radical (unpaired) electrons. The normalized spacial score (nSPS) is 18.2. The van der Waals surface area contributed by atoms with E-state index in [0.29, 0.717) is 10.0 Å². The van der Waals surface area contributed by atoms with Crippen LogP contribution in [0.3, 0.4) is 0 Å². The van der Waals surface area contributed by atoms with E-state index in [1.54, 1.807) is 18.2 Å². The minimum absolute atomic E-state index is 0. The lowest BCUT2D eigenvalue weighted by molar-refractivity contribution is 0.144. The minimum atomic E-state index is -0.562. The van der Waals surface area contributed by atoms with Gasteiger partial charge in [0.05, 0.1) is 10.5 Å². The Morgan fingerprint density at radius 2 is 2.00 bits per heavy atom. The molecule has 1 fully saturated rings. The third kappa shape index (κ3) is 3.41. The van der Waals surface area contributed by atoms with E-state index in [1.807, 2.05) is 4.90 Å². The van der Waals surface area contributed by atoms with Gasteiger partial charge in [0, 0.05) is 31.7 Å². The number of hydrogen-bond donors (Lipinski definition) is 1. The molecule has 0 aliphatic carbocycles. The maximum atomic E-state index is 13.9. The first-order valence-electron chi connectivity index (χ1n) is 5.68. The summed E-state index contributed by atoms with van der Waals surface area (Å²) in [7, 11) is 0. The second-order valence-electron chi connectivity index (χ2n) is 4.10. The number of nitrogens with zero attached hydrogens (tertiary/aromatic N) is 1. The van der Waals surface area contributed by atoms with Crippen molar-refractivity contribution < 1.29 is 8.78 Å². The molecule has 0 unspecified atom stereocenters. The van der Waals surface area contributed by atoms with Crippen LogP contribution in [-0.4, -0.2) is 37.8 Å². The van der Waals surface area contributed by atoms with Gasteiger partial charge in [0.1, 0.15) is 12.5 Å². The molecule has 2 rings (SSSR count). The number of rotatable bonds is 3. The summed E-state index contributed by atoms with van der Waals surface area (Å²) in [5, 5.41) is 3.20. The number of piperazine rings is 1. The summed E-state index contributed by atoms with van der Waals surface area (Å²) in [6, 6.07) is 4.56. The van der Waals surface area contributed by atoms with Gasteiger partial charge in [-0.15, -0.1) is 12.4 Å². The average molecular weight is 342 g/mol. The summed E-state index contributed by atoms with van der Waals surface area (Å²) in [4.78, 5) is 1.99. The molecule has 1 saturated heterocycles. The highest BCUT2D eigenvalue weighted by Gasteiger charge is 2.25. The number of alkyl halides is 1. The van der Waals surface area contributed by atoms with E-state index in [-0.39, 0.29) is 18.2 Å². The molecule has 1 N–H and O–H groups in total. The molecule has 102 valence electrons. The first kappa shape index (κ1) is 15.8. The Morgan fingerprint density at radius 1 is 1.33 bits per heavy atom. The molecular formula is C12H16BrClF2N2. The molecule has 2 nitrogen and oxygen atoms in total. The van der Waals surface area contributed by atoms with Gasteiger partial charge in [-0.25, -0.2) is 8.78 Å². The molecule has 1 aliphatic rings. The van der Waals surface area contributed by atoms with Crippen molar-refractivity contribution in [1.82, 2.24) is 10.2 Å². The summed E-state index contributed by atoms with van der Waals surface area (Å²) < 4.78 is 27.5. The van der Waals surface area contributed by atoms with Gasteiger partial charge in [0.2, 0.25) is 0 Å². The highest BCUT2D eigenvalue weighted by atomic mass is 79.9. The summed E-state index contributed by atoms with van der Waals surface area (Å²) in [6.07, 6.45) is 0. The smallest absolute Gasteiger partial charge is 0.142 e. The lowest BCUT2D eigenvalue weighted by atomic mass is 10.1. The molecule has 1 aromatic rings. The number of benzene rings is 1. The van der Waals surface area contributed by atoms with Crippen LogP contribution in [0.15, 0.2) is 22.7 Å². The predicted molar refractivity (Wildman–Crippen MR) is 74.5 cm³/mol. The van der Waals surface area contributed by atoms with Crippen molar-refractivity contribution in [3.05, 3.63) is 34.1 Å². The predicted octanol–water partition coefficient (Wildman–Crippen LogP) is 2.93. The van der Waals surface area contributed by atoms with Crippen LogP contribution in [-0.2, 0) is 0 Å². The van der Waals surface area contributed by atoms with Gasteiger partial charge in [-0.2, -0.15) is 0 Å². The molecule has 1 atom stereocenters. The van der Waals surface area contributed by atoms with E-state index in [9.17, 15) is 8.78 Å². The van der Waals surface area contributed by atoms with Gasteiger partial charge in [-0.1, -0.05) is 12.1 Å². The summed E-state index contributed by atoms with van der Waals surface area (Å²) in [5.74, 6) is -0.353. The number of hydrogen-bond acceptors (Lipinski definition) is 2. The maximum Gasteiger partial charge on any atom is 0.142 e. The lowest BCUT2D eigenvalue weighted by Crippen LogP contribution is -2.45. The largest absolute Gasteiger partial charge is 0.314 e. The summed E-state index contributed by atoms with van der Waals surface area (Å²) in [6.45, 7) is 2.59. The summed E-state index contributed by atoms with van der Waals surface area (Å²) in [5.41, 5.74) is 0.434. The minimum Gasteiger partial charge on any atom is -0.314 e. The molecule has 0 aromatic heterocycles. The van der Waals surface area contributed by atoms with Crippen molar-refractivity contribution in [3.63, 3.8) is 0 Å². The van der Waals surface area contributed by atoms with E-state index < -0.39 is 12.7 Å². The van der Waals surface area contributed by atoms with E-state index in [1.165, 1.54) is 0 Å².